The smallest absolute Gasteiger partial charge is 0.303 e. The Balaban J connectivity index is 3.01. The average Bonchev–Trinajstić information content (AvgIpc) is 2.33. The van der Waals surface area contributed by atoms with Crippen molar-refractivity contribution in [1.29, 1.82) is 0 Å². The Morgan fingerprint density at radius 3 is 2.90 bits per heavy atom. The number of thiophene rings is 1. The first kappa shape index (κ1) is 7.01. The molecule has 0 fully saturated rings. The number of anilines is 1. The second kappa shape index (κ2) is 2.66. The number of nitro groups is 1. The zero-order valence-electron chi connectivity index (χ0n) is 5.33. The van der Waals surface area contributed by atoms with E-state index in [2.05, 4.69) is 5.32 Å². The van der Waals surface area contributed by atoms with E-state index in [1.807, 2.05) is 0 Å². The molecule has 0 aliphatic heterocycles. The van der Waals surface area contributed by atoms with Gasteiger partial charge in [0.05, 0.1) is 4.92 Å². The Hall–Kier alpha value is -1.10. The van der Waals surface area contributed by atoms with Gasteiger partial charge in [-0.2, -0.15) is 0 Å². The van der Waals surface area contributed by atoms with Crippen LogP contribution in [-0.4, -0.2) is 12.0 Å². The van der Waals surface area contributed by atoms with Crippen molar-refractivity contribution in [3.8, 4) is 0 Å². The van der Waals surface area contributed by atoms with E-state index in [9.17, 15) is 10.1 Å². The van der Waals surface area contributed by atoms with Crippen molar-refractivity contribution in [2.75, 3.05) is 12.4 Å². The van der Waals surface area contributed by atoms with Crippen molar-refractivity contribution in [2.24, 2.45) is 0 Å². The Morgan fingerprint density at radius 2 is 2.50 bits per heavy atom. The van der Waals surface area contributed by atoms with Crippen LogP contribution in [-0.2, 0) is 0 Å². The zero-order valence-corrected chi connectivity index (χ0v) is 6.14. The highest BCUT2D eigenvalue weighted by atomic mass is 32.1. The van der Waals surface area contributed by atoms with Crippen LogP contribution in [0.2, 0.25) is 0 Å². The molecule has 10 heavy (non-hydrogen) atoms. The van der Waals surface area contributed by atoms with Gasteiger partial charge in [-0.15, -0.1) is 11.3 Å². The molecule has 0 bridgehead atoms. The van der Waals surface area contributed by atoms with Gasteiger partial charge in [-0.3, -0.25) is 10.1 Å². The number of nitrogens with zero attached hydrogens (tertiary/aromatic N) is 1. The summed E-state index contributed by atoms with van der Waals surface area (Å²) in [6.07, 6.45) is 0. The molecule has 0 spiro atoms. The largest absolute Gasteiger partial charge is 0.374 e. The van der Waals surface area contributed by atoms with Gasteiger partial charge in [-0.1, -0.05) is 0 Å². The summed E-state index contributed by atoms with van der Waals surface area (Å²) < 4.78 is 0. The van der Waals surface area contributed by atoms with E-state index in [0.717, 1.165) is 0 Å². The summed E-state index contributed by atoms with van der Waals surface area (Å²) in [7, 11) is 1.67. The summed E-state index contributed by atoms with van der Waals surface area (Å²) in [5, 5.41) is 15.2. The second-order valence-electron chi connectivity index (χ2n) is 1.64. The normalized spacial score (nSPS) is 9.30. The van der Waals surface area contributed by atoms with Crippen LogP contribution in [0.4, 0.5) is 10.7 Å². The number of hydrogen-bond donors (Lipinski definition) is 1. The highest BCUT2D eigenvalue weighted by Crippen LogP contribution is 2.29. The molecule has 0 saturated carbocycles. The molecule has 0 aromatic carbocycles. The van der Waals surface area contributed by atoms with Crippen LogP contribution < -0.4 is 5.32 Å². The van der Waals surface area contributed by atoms with E-state index in [1.165, 1.54) is 17.4 Å². The molecule has 0 radical (unpaired) electrons. The molecule has 1 aromatic rings. The number of rotatable bonds is 2. The van der Waals surface area contributed by atoms with Gasteiger partial charge in [0.2, 0.25) is 0 Å². The highest BCUT2D eigenvalue weighted by Gasteiger charge is 2.12. The molecule has 0 saturated heterocycles. The third-order valence-corrected chi connectivity index (χ3v) is 1.99. The summed E-state index contributed by atoms with van der Waals surface area (Å²) >= 11 is 1.33. The maximum Gasteiger partial charge on any atom is 0.303 e. The SMILES string of the molecule is CNc1sccc1[N+](=O)[O-]. The fourth-order valence-corrected chi connectivity index (χ4v) is 1.35. The predicted molar refractivity (Wildman–Crippen MR) is 40.5 cm³/mol. The molecule has 4 nitrogen and oxygen atoms in total. The monoisotopic (exact) mass is 158 g/mol. The average molecular weight is 158 g/mol. The maximum absolute atomic E-state index is 10.2. The third-order valence-electron chi connectivity index (χ3n) is 1.07. The summed E-state index contributed by atoms with van der Waals surface area (Å²) in [6, 6.07) is 1.48. The fourth-order valence-electron chi connectivity index (χ4n) is 0.633. The van der Waals surface area contributed by atoms with E-state index in [0.29, 0.717) is 5.00 Å². The zero-order chi connectivity index (χ0) is 7.56. The van der Waals surface area contributed by atoms with Gasteiger partial charge in [0.1, 0.15) is 0 Å². The van der Waals surface area contributed by atoms with Crippen LogP contribution in [0.5, 0.6) is 0 Å². The van der Waals surface area contributed by atoms with Crippen molar-refractivity contribution < 1.29 is 4.92 Å². The number of nitrogens with one attached hydrogen (secondary N) is 1. The summed E-state index contributed by atoms with van der Waals surface area (Å²) in [6.45, 7) is 0. The molecule has 54 valence electrons. The lowest BCUT2D eigenvalue weighted by molar-refractivity contribution is -0.383. The molecule has 0 aliphatic carbocycles. The van der Waals surface area contributed by atoms with Crippen LogP contribution in [0, 0.1) is 10.1 Å². The lowest BCUT2D eigenvalue weighted by Crippen LogP contribution is -1.91. The van der Waals surface area contributed by atoms with E-state index < -0.39 is 4.92 Å². The molecule has 1 N–H and O–H groups in total. The standard InChI is InChI=1S/C5H6N2O2S/c1-6-5-4(7(8)9)2-3-10-5/h2-3,6H,1H3. The van der Waals surface area contributed by atoms with E-state index in [-0.39, 0.29) is 5.69 Å². The van der Waals surface area contributed by atoms with Gasteiger partial charge in [-0.05, 0) is 5.38 Å². The van der Waals surface area contributed by atoms with Gasteiger partial charge >= 0.3 is 5.69 Å². The van der Waals surface area contributed by atoms with Gasteiger partial charge in [0.15, 0.2) is 5.00 Å². The fraction of sp³-hybridized carbons (Fsp3) is 0.200. The minimum atomic E-state index is -0.400. The van der Waals surface area contributed by atoms with Gasteiger partial charge in [0, 0.05) is 13.1 Å². The van der Waals surface area contributed by atoms with Crippen LogP contribution >= 0.6 is 11.3 Å². The van der Waals surface area contributed by atoms with Crippen molar-refractivity contribution in [2.45, 2.75) is 0 Å². The van der Waals surface area contributed by atoms with Crippen molar-refractivity contribution >= 4 is 22.0 Å². The first-order valence-electron chi connectivity index (χ1n) is 2.65. The van der Waals surface area contributed by atoms with E-state index >= 15 is 0 Å². The predicted octanol–water partition coefficient (Wildman–Crippen LogP) is 1.70. The van der Waals surface area contributed by atoms with Gasteiger partial charge < -0.3 is 5.32 Å². The minimum Gasteiger partial charge on any atom is -0.374 e. The van der Waals surface area contributed by atoms with Gasteiger partial charge in [0.25, 0.3) is 0 Å². The summed E-state index contributed by atoms with van der Waals surface area (Å²) in [4.78, 5) is 9.81. The van der Waals surface area contributed by atoms with Crippen molar-refractivity contribution in [3.63, 3.8) is 0 Å². The highest BCUT2D eigenvalue weighted by molar-refractivity contribution is 7.14. The van der Waals surface area contributed by atoms with Crippen LogP contribution in [0.15, 0.2) is 11.4 Å². The Kier molecular flexibility index (Phi) is 1.86. The molecule has 0 aliphatic rings. The first-order valence-corrected chi connectivity index (χ1v) is 3.53. The first-order chi connectivity index (χ1) is 4.75. The molecular weight excluding hydrogens is 152 g/mol. The molecule has 1 heterocycles. The third kappa shape index (κ3) is 1.08. The van der Waals surface area contributed by atoms with E-state index in [4.69, 9.17) is 0 Å². The lowest BCUT2D eigenvalue weighted by Gasteiger charge is -1.91. The van der Waals surface area contributed by atoms with E-state index in [1.54, 1.807) is 12.4 Å². The Labute approximate surface area is 61.6 Å². The van der Waals surface area contributed by atoms with Crippen LogP contribution in [0.3, 0.4) is 0 Å². The van der Waals surface area contributed by atoms with Crippen molar-refractivity contribution in [3.05, 3.63) is 21.6 Å². The maximum atomic E-state index is 10.2. The van der Waals surface area contributed by atoms with Crippen LogP contribution in [0.1, 0.15) is 0 Å². The molecule has 1 aromatic heterocycles. The molecule has 0 amide bonds. The Morgan fingerprint density at radius 1 is 1.80 bits per heavy atom. The minimum absolute atomic E-state index is 0.146. The molecule has 0 unspecified atom stereocenters. The number of hydrogen-bond acceptors (Lipinski definition) is 4. The summed E-state index contributed by atoms with van der Waals surface area (Å²) in [5.41, 5.74) is 0.146. The van der Waals surface area contributed by atoms with Crippen LogP contribution in [0.25, 0.3) is 0 Å². The molecular formula is C5H6N2O2S. The molecule has 5 heteroatoms. The Bertz CT molecular complexity index is 246. The molecule has 0 atom stereocenters. The lowest BCUT2D eigenvalue weighted by atomic mass is 10.5. The summed E-state index contributed by atoms with van der Waals surface area (Å²) in [5.74, 6) is 0. The second-order valence-corrected chi connectivity index (χ2v) is 2.56. The van der Waals surface area contributed by atoms with Gasteiger partial charge in [-0.25, -0.2) is 0 Å². The topological polar surface area (TPSA) is 55.2 Å². The quantitative estimate of drug-likeness (QED) is 0.526. The molecule has 1 rings (SSSR count). The van der Waals surface area contributed by atoms with Crippen molar-refractivity contribution in [1.82, 2.24) is 0 Å².